The molecule has 2 N–H and O–H groups in total. The van der Waals surface area contributed by atoms with Crippen LogP contribution in [-0.4, -0.2) is 62.3 Å². The molecule has 2 amide bonds. The van der Waals surface area contributed by atoms with Gasteiger partial charge in [0.15, 0.2) is 0 Å². The molecular formula is C9H18N2O4. The van der Waals surface area contributed by atoms with E-state index in [2.05, 4.69) is 5.32 Å². The maximum Gasteiger partial charge on any atom is 0.311 e. The van der Waals surface area contributed by atoms with Gasteiger partial charge >= 0.3 is 11.8 Å². The zero-order valence-electron chi connectivity index (χ0n) is 9.15. The molecule has 0 aromatic rings. The number of aliphatic hydroxyl groups excluding tert-OH is 1. The van der Waals surface area contributed by atoms with Gasteiger partial charge in [-0.05, 0) is 6.42 Å². The SMILES string of the molecule is COCCCNC(=O)C(=O)N(C)CCO. The summed E-state index contributed by atoms with van der Waals surface area (Å²) in [5.74, 6) is -1.29. The molecule has 15 heavy (non-hydrogen) atoms. The lowest BCUT2D eigenvalue weighted by Gasteiger charge is -2.14. The monoisotopic (exact) mass is 218 g/mol. The van der Waals surface area contributed by atoms with Crippen LogP contribution in [0, 0.1) is 0 Å². The Labute approximate surface area is 89.2 Å². The number of ether oxygens (including phenoxy) is 1. The van der Waals surface area contributed by atoms with Gasteiger partial charge in [-0.1, -0.05) is 0 Å². The number of carbonyl (C=O) groups is 2. The van der Waals surface area contributed by atoms with Crippen LogP contribution in [0.1, 0.15) is 6.42 Å². The van der Waals surface area contributed by atoms with Crippen LogP contribution >= 0.6 is 0 Å². The molecule has 0 fully saturated rings. The lowest BCUT2D eigenvalue weighted by atomic mass is 10.4. The third-order valence-electron chi connectivity index (χ3n) is 1.79. The van der Waals surface area contributed by atoms with Crippen molar-refractivity contribution in [2.24, 2.45) is 0 Å². The van der Waals surface area contributed by atoms with E-state index < -0.39 is 11.8 Å². The Bertz CT molecular complexity index is 208. The Morgan fingerprint density at radius 1 is 1.47 bits per heavy atom. The number of hydrogen-bond donors (Lipinski definition) is 2. The summed E-state index contributed by atoms with van der Waals surface area (Å²) < 4.78 is 4.79. The van der Waals surface area contributed by atoms with E-state index in [1.807, 2.05) is 0 Å². The summed E-state index contributed by atoms with van der Waals surface area (Å²) in [5.41, 5.74) is 0. The van der Waals surface area contributed by atoms with Gasteiger partial charge in [-0.2, -0.15) is 0 Å². The average molecular weight is 218 g/mol. The second-order valence-electron chi connectivity index (χ2n) is 3.05. The first-order valence-electron chi connectivity index (χ1n) is 4.76. The van der Waals surface area contributed by atoms with Crippen LogP contribution in [0.3, 0.4) is 0 Å². The molecule has 0 aromatic carbocycles. The van der Waals surface area contributed by atoms with Crippen molar-refractivity contribution in [3.05, 3.63) is 0 Å². The number of hydrogen-bond acceptors (Lipinski definition) is 4. The van der Waals surface area contributed by atoms with Gasteiger partial charge in [0, 0.05) is 33.9 Å². The van der Waals surface area contributed by atoms with Crippen LogP contribution in [0.5, 0.6) is 0 Å². The van der Waals surface area contributed by atoms with E-state index in [-0.39, 0.29) is 13.2 Å². The molecule has 0 saturated heterocycles. The molecule has 0 radical (unpaired) electrons. The number of rotatable bonds is 6. The number of nitrogens with zero attached hydrogens (tertiary/aromatic N) is 1. The summed E-state index contributed by atoms with van der Waals surface area (Å²) in [5, 5.41) is 11.0. The summed E-state index contributed by atoms with van der Waals surface area (Å²) in [4.78, 5) is 23.6. The van der Waals surface area contributed by atoms with Crippen molar-refractivity contribution >= 4 is 11.8 Å². The van der Waals surface area contributed by atoms with Gasteiger partial charge in [0.1, 0.15) is 0 Å². The van der Waals surface area contributed by atoms with E-state index in [4.69, 9.17) is 9.84 Å². The van der Waals surface area contributed by atoms with Crippen molar-refractivity contribution in [3.8, 4) is 0 Å². The van der Waals surface area contributed by atoms with Gasteiger partial charge in [0.25, 0.3) is 0 Å². The number of aliphatic hydroxyl groups is 1. The predicted octanol–water partition coefficient (Wildman–Crippen LogP) is -1.41. The first kappa shape index (κ1) is 13.9. The minimum Gasteiger partial charge on any atom is -0.395 e. The second kappa shape index (κ2) is 8.19. The van der Waals surface area contributed by atoms with Crippen molar-refractivity contribution in [2.45, 2.75) is 6.42 Å². The summed E-state index contributed by atoms with van der Waals surface area (Å²) in [6.07, 6.45) is 0.666. The Morgan fingerprint density at radius 3 is 2.67 bits per heavy atom. The number of carbonyl (C=O) groups excluding carboxylic acids is 2. The number of methoxy groups -OCH3 is 1. The molecule has 0 saturated carbocycles. The first-order chi connectivity index (χ1) is 7.13. The highest BCUT2D eigenvalue weighted by molar-refractivity contribution is 6.34. The third kappa shape index (κ3) is 6.03. The topological polar surface area (TPSA) is 78.9 Å². The summed E-state index contributed by atoms with van der Waals surface area (Å²) >= 11 is 0. The standard InChI is InChI=1S/C9H18N2O4/c1-11(5-6-12)9(14)8(13)10-4-3-7-15-2/h12H,3-7H2,1-2H3,(H,10,13). The minimum atomic E-state index is -0.651. The Kier molecular flexibility index (Phi) is 7.57. The van der Waals surface area contributed by atoms with Crippen molar-refractivity contribution < 1.29 is 19.4 Å². The molecule has 0 heterocycles. The quantitative estimate of drug-likeness (QED) is 0.424. The number of amides is 2. The fourth-order valence-electron chi connectivity index (χ4n) is 0.919. The molecule has 6 nitrogen and oxygen atoms in total. The molecular weight excluding hydrogens is 200 g/mol. The van der Waals surface area contributed by atoms with E-state index in [9.17, 15) is 9.59 Å². The van der Waals surface area contributed by atoms with E-state index in [0.717, 1.165) is 0 Å². The van der Waals surface area contributed by atoms with E-state index >= 15 is 0 Å². The average Bonchev–Trinajstić information content (AvgIpc) is 2.23. The van der Waals surface area contributed by atoms with Crippen LogP contribution in [0.25, 0.3) is 0 Å². The van der Waals surface area contributed by atoms with Gasteiger partial charge in [0.2, 0.25) is 0 Å². The smallest absolute Gasteiger partial charge is 0.311 e. The number of nitrogens with one attached hydrogen (secondary N) is 1. The summed E-state index contributed by atoms with van der Waals surface area (Å²) in [6, 6.07) is 0. The lowest BCUT2D eigenvalue weighted by Crippen LogP contribution is -2.42. The third-order valence-corrected chi connectivity index (χ3v) is 1.79. The second-order valence-corrected chi connectivity index (χ2v) is 3.05. The fourth-order valence-corrected chi connectivity index (χ4v) is 0.919. The Morgan fingerprint density at radius 2 is 2.13 bits per heavy atom. The lowest BCUT2D eigenvalue weighted by molar-refractivity contribution is -0.145. The van der Waals surface area contributed by atoms with Crippen LogP contribution in [-0.2, 0) is 14.3 Å². The molecule has 0 atom stereocenters. The highest BCUT2D eigenvalue weighted by Crippen LogP contribution is 1.85. The van der Waals surface area contributed by atoms with Gasteiger partial charge in [0.05, 0.1) is 6.61 Å². The highest BCUT2D eigenvalue weighted by Gasteiger charge is 2.16. The van der Waals surface area contributed by atoms with Crippen molar-refractivity contribution in [2.75, 3.05) is 40.5 Å². The molecule has 0 unspecified atom stereocenters. The maximum atomic E-state index is 11.3. The largest absolute Gasteiger partial charge is 0.395 e. The normalized spacial score (nSPS) is 9.80. The van der Waals surface area contributed by atoms with Crippen molar-refractivity contribution in [1.29, 1.82) is 0 Å². The summed E-state index contributed by atoms with van der Waals surface area (Å²) in [6.45, 7) is 0.954. The van der Waals surface area contributed by atoms with Crippen molar-refractivity contribution in [1.82, 2.24) is 10.2 Å². The Balaban J connectivity index is 3.74. The zero-order valence-corrected chi connectivity index (χ0v) is 9.15. The van der Waals surface area contributed by atoms with Gasteiger partial charge in [-0.25, -0.2) is 0 Å². The number of likely N-dealkylation sites (N-methyl/N-ethyl adjacent to an activating group) is 1. The fraction of sp³-hybridized carbons (Fsp3) is 0.778. The van der Waals surface area contributed by atoms with Crippen LogP contribution in [0.2, 0.25) is 0 Å². The van der Waals surface area contributed by atoms with Crippen LogP contribution in [0.15, 0.2) is 0 Å². The van der Waals surface area contributed by atoms with E-state index in [1.165, 1.54) is 11.9 Å². The molecule has 0 aliphatic carbocycles. The molecule has 0 rings (SSSR count). The molecule has 88 valence electrons. The highest BCUT2D eigenvalue weighted by atomic mass is 16.5. The van der Waals surface area contributed by atoms with Crippen LogP contribution < -0.4 is 5.32 Å². The maximum absolute atomic E-state index is 11.3. The predicted molar refractivity (Wildman–Crippen MR) is 54.2 cm³/mol. The molecule has 0 aliphatic heterocycles. The molecule has 0 spiro atoms. The van der Waals surface area contributed by atoms with Crippen LogP contribution in [0.4, 0.5) is 0 Å². The Hall–Kier alpha value is -1.14. The van der Waals surface area contributed by atoms with Gasteiger partial charge in [-0.3, -0.25) is 9.59 Å². The van der Waals surface area contributed by atoms with E-state index in [0.29, 0.717) is 19.6 Å². The van der Waals surface area contributed by atoms with Crippen molar-refractivity contribution in [3.63, 3.8) is 0 Å². The van der Waals surface area contributed by atoms with Gasteiger partial charge in [-0.15, -0.1) is 0 Å². The molecule has 0 aromatic heterocycles. The van der Waals surface area contributed by atoms with E-state index in [1.54, 1.807) is 7.11 Å². The molecule has 0 bridgehead atoms. The first-order valence-corrected chi connectivity index (χ1v) is 4.76. The minimum absolute atomic E-state index is 0.154. The molecule has 0 aliphatic rings. The summed E-state index contributed by atoms with van der Waals surface area (Å²) in [7, 11) is 3.04. The molecule has 6 heteroatoms. The van der Waals surface area contributed by atoms with Gasteiger partial charge < -0.3 is 20.1 Å². The zero-order chi connectivity index (χ0) is 11.7.